The van der Waals surface area contributed by atoms with Gasteiger partial charge in [-0.05, 0) is 24.6 Å². The van der Waals surface area contributed by atoms with Gasteiger partial charge in [0.15, 0.2) is 0 Å². The van der Waals surface area contributed by atoms with Gasteiger partial charge in [-0.2, -0.15) is 0 Å². The van der Waals surface area contributed by atoms with Crippen molar-refractivity contribution >= 4 is 5.97 Å². The highest BCUT2D eigenvalue weighted by atomic mass is 16.5. The molecule has 0 saturated heterocycles. The van der Waals surface area contributed by atoms with Gasteiger partial charge in [-0.15, -0.1) is 0 Å². The molecule has 1 aromatic carbocycles. The van der Waals surface area contributed by atoms with E-state index < -0.39 is 23.4 Å². The molecule has 3 N–H and O–H groups in total. The Labute approximate surface area is 138 Å². The van der Waals surface area contributed by atoms with Crippen molar-refractivity contribution in [2.24, 2.45) is 5.92 Å². The molecule has 7 heteroatoms. The Kier molecular flexibility index (Phi) is 3.96. The van der Waals surface area contributed by atoms with E-state index in [1.54, 1.807) is 38.3 Å². The number of methoxy groups -OCH3 is 2. The number of rotatable bonds is 3. The van der Waals surface area contributed by atoms with Gasteiger partial charge in [-0.25, -0.2) is 0 Å². The molecule has 128 valence electrons. The lowest BCUT2D eigenvalue weighted by Gasteiger charge is -2.40. The molecule has 7 nitrogen and oxygen atoms in total. The summed E-state index contributed by atoms with van der Waals surface area (Å²) >= 11 is 0. The van der Waals surface area contributed by atoms with Crippen LogP contribution in [-0.4, -0.2) is 41.1 Å². The van der Waals surface area contributed by atoms with Gasteiger partial charge in [0.2, 0.25) is 0 Å². The van der Waals surface area contributed by atoms with E-state index in [4.69, 9.17) is 9.47 Å². The third kappa shape index (κ3) is 2.50. The van der Waals surface area contributed by atoms with Gasteiger partial charge in [0.1, 0.15) is 5.75 Å². The second kappa shape index (κ2) is 5.83. The van der Waals surface area contributed by atoms with E-state index in [2.05, 4.69) is 10.2 Å². The Morgan fingerprint density at radius 2 is 1.92 bits per heavy atom. The minimum Gasteiger partial charge on any atom is -0.497 e. The summed E-state index contributed by atoms with van der Waals surface area (Å²) in [5, 5.41) is 16.2. The summed E-state index contributed by atoms with van der Waals surface area (Å²) in [6.07, 6.45) is 0.160. The fraction of sp³-hybridized carbons (Fsp3) is 0.412. The maximum atomic E-state index is 12.4. The fourth-order valence-electron chi connectivity index (χ4n) is 3.55. The summed E-state index contributed by atoms with van der Waals surface area (Å²) in [6, 6.07) is 7.09. The van der Waals surface area contributed by atoms with Crippen molar-refractivity contribution < 1.29 is 19.4 Å². The zero-order valence-corrected chi connectivity index (χ0v) is 13.8. The Bertz CT molecular complexity index is 803. The van der Waals surface area contributed by atoms with E-state index in [1.165, 1.54) is 7.11 Å². The first-order valence-electron chi connectivity index (χ1n) is 7.62. The highest BCUT2D eigenvalue weighted by Gasteiger charge is 2.51. The number of aromatic amines is 2. The van der Waals surface area contributed by atoms with Crippen molar-refractivity contribution in [1.82, 2.24) is 10.2 Å². The first-order chi connectivity index (χ1) is 11.4. The number of esters is 1. The minimum absolute atomic E-state index is 0.160. The van der Waals surface area contributed by atoms with Crippen molar-refractivity contribution in [2.45, 2.75) is 24.9 Å². The van der Waals surface area contributed by atoms with E-state index in [0.29, 0.717) is 17.0 Å². The number of nitrogens with one attached hydrogen (secondary N) is 2. The molecule has 1 aliphatic carbocycles. The summed E-state index contributed by atoms with van der Waals surface area (Å²) in [6.45, 7) is 1.58. The summed E-state index contributed by atoms with van der Waals surface area (Å²) in [5.41, 5.74) is 0.149. The quantitative estimate of drug-likeness (QED) is 0.726. The second-order valence-corrected chi connectivity index (χ2v) is 6.26. The first-order valence-corrected chi connectivity index (χ1v) is 7.62. The van der Waals surface area contributed by atoms with Crippen LogP contribution in [0.4, 0.5) is 0 Å². The van der Waals surface area contributed by atoms with Gasteiger partial charge in [-0.1, -0.05) is 12.1 Å². The number of H-pyrrole nitrogens is 2. The standard InChI is InChI=1S/C17H20N2O5/c1-17(22)8-11-13(15(20)19-18-11)12(14(17)16(21)24-3)9-4-6-10(23-2)7-5-9/h4-7,12,14,22H,8H2,1-3H3,(H2,18,19,20)/t12-,14-,17+/m0/s1. The van der Waals surface area contributed by atoms with Gasteiger partial charge in [0.05, 0.1) is 25.7 Å². The van der Waals surface area contributed by atoms with Crippen LogP contribution in [0.15, 0.2) is 29.1 Å². The molecule has 0 fully saturated rings. The lowest BCUT2D eigenvalue weighted by Crippen LogP contribution is -2.49. The Hall–Kier alpha value is -2.54. The smallest absolute Gasteiger partial charge is 0.312 e. The third-order valence-corrected chi connectivity index (χ3v) is 4.68. The molecule has 0 aliphatic heterocycles. The number of fused-ring (bicyclic) bond motifs is 1. The molecule has 0 amide bonds. The van der Waals surface area contributed by atoms with E-state index in [9.17, 15) is 14.7 Å². The van der Waals surface area contributed by atoms with Gasteiger partial charge in [-0.3, -0.25) is 14.7 Å². The number of carbonyl (C=O) groups excluding carboxylic acids is 1. The first kappa shape index (κ1) is 16.3. The average molecular weight is 332 g/mol. The number of benzene rings is 1. The van der Waals surface area contributed by atoms with E-state index in [-0.39, 0.29) is 12.0 Å². The predicted octanol–water partition coefficient (Wildman–Crippen LogP) is 0.940. The van der Waals surface area contributed by atoms with Crippen molar-refractivity contribution in [1.29, 1.82) is 0 Å². The van der Waals surface area contributed by atoms with E-state index in [1.807, 2.05) is 0 Å². The van der Waals surface area contributed by atoms with Crippen LogP contribution >= 0.6 is 0 Å². The highest BCUT2D eigenvalue weighted by Crippen LogP contribution is 2.44. The maximum Gasteiger partial charge on any atom is 0.312 e. The van der Waals surface area contributed by atoms with Crippen LogP contribution in [0.2, 0.25) is 0 Å². The largest absolute Gasteiger partial charge is 0.497 e. The number of ether oxygens (including phenoxy) is 2. The molecule has 3 rings (SSSR count). The lowest BCUT2D eigenvalue weighted by molar-refractivity contribution is -0.156. The Morgan fingerprint density at radius 3 is 2.50 bits per heavy atom. The molecular weight excluding hydrogens is 312 g/mol. The van der Waals surface area contributed by atoms with Gasteiger partial charge >= 0.3 is 5.97 Å². The van der Waals surface area contributed by atoms with Crippen LogP contribution in [0.3, 0.4) is 0 Å². The number of carbonyl (C=O) groups is 1. The molecule has 0 saturated carbocycles. The monoisotopic (exact) mass is 332 g/mol. The molecule has 0 bridgehead atoms. The summed E-state index contributed by atoms with van der Waals surface area (Å²) < 4.78 is 10.1. The molecule has 0 unspecified atom stereocenters. The highest BCUT2D eigenvalue weighted by molar-refractivity contribution is 5.77. The summed E-state index contributed by atoms with van der Waals surface area (Å²) in [5.74, 6) is -1.39. The van der Waals surface area contributed by atoms with Gasteiger partial charge < -0.3 is 19.7 Å². The SMILES string of the molecule is COC(=O)[C@@H]1[C@@H](c2ccc(OC)cc2)c2c([nH][nH]c2=O)C[C@@]1(C)O. The number of aliphatic hydroxyl groups is 1. The average Bonchev–Trinajstić information content (AvgIpc) is 2.92. The third-order valence-electron chi connectivity index (χ3n) is 4.68. The summed E-state index contributed by atoms with van der Waals surface area (Å²) in [4.78, 5) is 24.7. The minimum atomic E-state index is -1.35. The Balaban J connectivity index is 2.20. The normalized spacial score (nSPS) is 25.8. The van der Waals surface area contributed by atoms with Crippen LogP contribution in [0, 0.1) is 5.92 Å². The maximum absolute atomic E-state index is 12.4. The molecule has 1 aliphatic rings. The van der Waals surface area contributed by atoms with Crippen LogP contribution in [0.25, 0.3) is 0 Å². The fourth-order valence-corrected chi connectivity index (χ4v) is 3.55. The molecule has 0 spiro atoms. The van der Waals surface area contributed by atoms with Crippen molar-refractivity contribution in [3.63, 3.8) is 0 Å². The summed E-state index contributed by atoms with van der Waals surface area (Å²) in [7, 11) is 2.84. The van der Waals surface area contributed by atoms with E-state index in [0.717, 1.165) is 5.56 Å². The molecular formula is C17H20N2O5. The van der Waals surface area contributed by atoms with Crippen LogP contribution < -0.4 is 10.3 Å². The molecule has 0 radical (unpaired) electrons. The van der Waals surface area contributed by atoms with Gasteiger partial charge in [0.25, 0.3) is 5.56 Å². The molecule has 1 heterocycles. The number of hydrogen-bond donors (Lipinski definition) is 3. The van der Waals surface area contributed by atoms with Crippen molar-refractivity contribution in [3.05, 3.63) is 51.4 Å². The van der Waals surface area contributed by atoms with Crippen molar-refractivity contribution in [2.75, 3.05) is 14.2 Å². The zero-order chi connectivity index (χ0) is 17.5. The topological polar surface area (TPSA) is 104 Å². The van der Waals surface area contributed by atoms with Crippen LogP contribution in [-0.2, 0) is 16.0 Å². The molecule has 24 heavy (non-hydrogen) atoms. The van der Waals surface area contributed by atoms with E-state index >= 15 is 0 Å². The molecule has 2 aromatic rings. The van der Waals surface area contributed by atoms with Gasteiger partial charge in [0, 0.05) is 23.6 Å². The predicted molar refractivity (Wildman–Crippen MR) is 86.1 cm³/mol. The molecule has 1 aromatic heterocycles. The Morgan fingerprint density at radius 1 is 1.25 bits per heavy atom. The second-order valence-electron chi connectivity index (χ2n) is 6.26. The van der Waals surface area contributed by atoms with Crippen molar-refractivity contribution in [3.8, 4) is 5.75 Å². The van der Waals surface area contributed by atoms with Crippen LogP contribution in [0.5, 0.6) is 5.75 Å². The molecule has 3 atom stereocenters. The van der Waals surface area contributed by atoms with Crippen LogP contribution in [0.1, 0.15) is 29.7 Å². The number of hydrogen-bond acceptors (Lipinski definition) is 5. The number of aromatic nitrogens is 2. The lowest BCUT2D eigenvalue weighted by atomic mass is 9.66. The zero-order valence-electron chi connectivity index (χ0n) is 13.8.